The van der Waals surface area contributed by atoms with Gasteiger partial charge in [-0.2, -0.15) is 4.31 Å². The van der Waals surface area contributed by atoms with Crippen molar-refractivity contribution in [1.82, 2.24) is 4.31 Å². The molecule has 9 nitrogen and oxygen atoms in total. The molecule has 1 heterocycles. The molecule has 0 saturated carbocycles. The molecule has 3 aromatic rings. The molecule has 0 radical (unpaired) electrons. The Morgan fingerprint density at radius 2 is 1.62 bits per heavy atom. The van der Waals surface area contributed by atoms with Gasteiger partial charge in [-0.1, -0.05) is 29.8 Å². The predicted octanol–water partition coefficient (Wildman–Crippen LogP) is 3.49. The second-order valence-corrected chi connectivity index (χ2v) is 10.6. The van der Waals surface area contributed by atoms with Gasteiger partial charge in [-0.15, -0.1) is 0 Å². The fourth-order valence-electron chi connectivity index (χ4n) is 4.13. The van der Waals surface area contributed by atoms with E-state index in [0.29, 0.717) is 22.7 Å². The van der Waals surface area contributed by atoms with Gasteiger partial charge in [0.25, 0.3) is 5.91 Å². The summed E-state index contributed by atoms with van der Waals surface area (Å²) in [5, 5.41) is 2.63. The zero-order chi connectivity index (χ0) is 26.7. The SMILES string of the molecule is COc1ccc(S(=O)(=O)N(Cc2ccc(C)cc2)C2CC(=O)N(c3ccc(NC(C)=O)cc3)C2=O)cc1. The number of hydrogen-bond acceptors (Lipinski definition) is 6. The van der Waals surface area contributed by atoms with E-state index in [1.54, 1.807) is 24.3 Å². The molecule has 1 unspecified atom stereocenters. The number of aryl methyl sites for hydroxylation is 1. The largest absolute Gasteiger partial charge is 0.497 e. The van der Waals surface area contributed by atoms with Crippen LogP contribution in [0.4, 0.5) is 11.4 Å². The van der Waals surface area contributed by atoms with Gasteiger partial charge in [0.15, 0.2) is 0 Å². The van der Waals surface area contributed by atoms with Crippen LogP contribution in [-0.2, 0) is 31.0 Å². The van der Waals surface area contributed by atoms with Crippen LogP contribution in [0.2, 0.25) is 0 Å². The van der Waals surface area contributed by atoms with Crippen molar-refractivity contribution in [2.75, 3.05) is 17.3 Å². The van der Waals surface area contributed by atoms with E-state index in [2.05, 4.69) is 5.32 Å². The number of nitrogens with one attached hydrogen (secondary N) is 1. The van der Waals surface area contributed by atoms with Crippen molar-refractivity contribution in [2.45, 2.75) is 37.8 Å². The number of anilines is 2. The first-order valence-corrected chi connectivity index (χ1v) is 13.0. The van der Waals surface area contributed by atoms with Gasteiger partial charge in [-0.25, -0.2) is 13.3 Å². The number of hydrogen-bond donors (Lipinski definition) is 1. The van der Waals surface area contributed by atoms with Crippen LogP contribution in [-0.4, -0.2) is 43.6 Å². The molecular weight excluding hydrogens is 494 g/mol. The van der Waals surface area contributed by atoms with E-state index in [1.807, 2.05) is 19.1 Å². The Labute approximate surface area is 215 Å². The van der Waals surface area contributed by atoms with Gasteiger partial charge in [0.05, 0.1) is 24.1 Å². The summed E-state index contributed by atoms with van der Waals surface area (Å²) >= 11 is 0. The van der Waals surface area contributed by atoms with Gasteiger partial charge in [0.2, 0.25) is 21.8 Å². The molecule has 10 heteroatoms. The molecule has 1 atom stereocenters. The molecule has 1 fully saturated rings. The summed E-state index contributed by atoms with van der Waals surface area (Å²) in [5.74, 6) is -0.913. The molecule has 0 aromatic heterocycles. The van der Waals surface area contributed by atoms with Crippen molar-refractivity contribution in [3.05, 3.63) is 83.9 Å². The molecular formula is C27H27N3O6S. The van der Waals surface area contributed by atoms with E-state index in [0.717, 1.165) is 14.8 Å². The standard InChI is InChI=1S/C27H27N3O6S/c1-18-4-6-20(7-5-18)17-29(37(34,35)24-14-12-23(36-3)13-15-24)25-16-26(32)30(27(25)33)22-10-8-21(9-11-22)28-19(2)31/h4-15,25H,16-17H2,1-3H3,(H,28,31). The van der Waals surface area contributed by atoms with E-state index in [9.17, 15) is 22.8 Å². The van der Waals surface area contributed by atoms with E-state index in [1.165, 1.54) is 50.4 Å². The first-order valence-electron chi connectivity index (χ1n) is 11.6. The number of nitrogens with zero attached hydrogens (tertiary/aromatic N) is 2. The molecule has 1 N–H and O–H groups in total. The second kappa shape index (κ2) is 10.5. The molecule has 1 aliphatic heterocycles. The Hall–Kier alpha value is -4.02. The lowest BCUT2D eigenvalue weighted by atomic mass is 10.1. The topological polar surface area (TPSA) is 113 Å². The Bertz CT molecular complexity index is 1420. The Morgan fingerprint density at radius 1 is 1.00 bits per heavy atom. The maximum atomic E-state index is 13.8. The summed E-state index contributed by atoms with van der Waals surface area (Å²) in [6.45, 7) is 3.20. The number of ether oxygens (including phenoxy) is 1. The molecule has 192 valence electrons. The number of sulfonamides is 1. The van der Waals surface area contributed by atoms with Crippen LogP contribution >= 0.6 is 0 Å². The third-order valence-electron chi connectivity index (χ3n) is 6.04. The highest BCUT2D eigenvalue weighted by atomic mass is 32.2. The number of methoxy groups -OCH3 is 1. The monoisotopic (exact) mass is 521 g/mol. The van der Waals surface area contributed by atoms with Gasteiger partial charge in [0.1, 0.15) is 11.8 Å². The fourth-order valence-corrected chi connectivity index (χ4v) is 5.70. The highest BCUT2D eigenvalue weighted by molar-refractivity contribution is 7.89. The highest BCUT2D eigenvalue weighted by Crippen LogP contribution is 2.31. The molecule has 37 heavy (non-hydrogen) atoms. The molecule has 1 aliphatic rings. The van der Waals surface area contributed by atoms with Crippen molar-refractivity contribution in [3.63, 3.8) is 0 Å². The summed E-state index contributed by atoms with van der Waals surface area (Å²) in [7, 11) is -2.69. The third-order valence-corrected chi connectivity index (χ3v) is 7.91. The average Bonchev–Trinajstić information content (AvgIpc) is 3.17. The van der Waals surface area contributed by atoms with E-state index in [-0.39, 0.29) is 23.8 Å². The van der Waals surface area contributed by atoms with Gasteiger partial charge in [-0.05, 0) is 61.0 Å². The zero-order valence-electron chi connectivity index (χ0n) is 20.7. The lowest BCUT2D eigenvalue weighted by Crippen LogP contribution is -2.45. The average molecular weight is 522 g/mol. The minimum absolute atomic E-state index is 0.0150. The molecule has 3 aromatic carbocycles. The Morgan fingerprint density at radius 3 is 2.19 bits per heavy atom. The predicted molar refractivity (Wildman–Crippen MR) is 139 cm³/mol. The van der Waals surface area contributed by atoms with Crippen LogP contribution in [0.5, 0.6) is 5.75 Å². The van der Waals surface area contributed by atoms with E-state index < -0.39 is 27.9 Å². The van der Waals surface area contributed by atoms with Gasteiger partial charge in [-0.3, -0.25) is 14.4 Å². The molecule has 3 amide bonds. The smallest absolute Gasteiger partial charge is 0.252 e. The molecule has 4 rings (SSSR count). The van der Waals surface area contributed by atoms with Crippen molar-refractivity contribution >= 4 is 39.1 Å². The van der Waals surface area contributed by atoms with E-state index in [4.69, 9.17) is 4.74 Å². The number of benzene rings is 3. The minimum atomic E-state index is -4.17. The summed E-state index contributed by atoms with van der Waals surface area (Å²) in [6.07, 6.45) is -0.298. The van der Waals surface area contributed by atoms with Crippen LogP contribution in [0.25, 0.3) is 0 Å². The quantitative estimate of drug-likeness (QED) is 0.454. The Balaban J connectivity index is 1.70. The number of carbonyl (C=O) groups is 3. The lowest BCUT2D eigenvalue weighted by molar-refractivity contribution is -0.122. The number of imide groups is 1. The Kier molecular flexibility index (Phi) is 7.42. The first kappa shape index (κ1) is 26.1. The number of carbonyl (C=O) groups excluding carboxylic acids is 3. The summed E-state index contributed by atoms with van der Waals surface area (Å²) in [6, 6.07) is 18.2. The molecule has 0 aliphatic carbocycles. The van der Waals surface area contributed by atoms with Crippen LogP contribution in [0, 0.1) is 6.92 Å². The van der Waals surface area contributed by atoms with Gasteiger partial charge < -0.3 is 10.1 Å². The van der Waals surface area contributed by atoms with Crippen molar-refractivity contribution < 1.29 is 27.5 Å². The maximum Gasteiger partial charge on any atom is 0.252 e. The van der Waals surface area contributed by atoms with Crippen molar-refractivity contribution in [3.8, 4) is 5.75 Å². The van der Waals surface area contributed by atoms with Gasteiger partial charge >= 0.3 is 0 Å². The highest BCUT2D eigenvalue weighted by Gasteiger charge is 2.47. The fraction of sp³-hybridized carbons (Fsp3) is 0.222. The van der Waals surface area contributed by atoms with Crippen molar-refractivity contribution in [1.29, 1.82) is 0 Å². The van der Waals surface area contributed by atoms with Crippen LogP contribution < -0.4 is 15.0 Å². The molecule has 0 bridgehead atoms. The summed E-state index contributed by atoms with van der Waals surface area (Å²) in [4.78, 5) is 38.8. The number of rotatable bonds is 8. The molecule has 1 saturated heterocycles. The minimum Gasteiger partial charge on any atom is -0.497 e. The maximum absolute atomic E-state index is 13.8. The van der Waals surface area contributed by atoms with Crippen molar-refractivity contribution in [2.24, 2.45) is 0 Å². The summed E-state index contributed by atoms with van der Waals surface area (Å²) < 4.78 is 33.8. The van der Waals surface area contributed by atoms with Crippen LogP contribution in [0.15, 0.2) is 77.7 Å². The molecule has 0 spiro atoms. The van der Waals surface area contributed by atoms with E-state index >= 15 is 0 Å². The summed E-state index contributed by atoms with van der Waals surface area (Å²) in [5.41, 5.74) is 2.49. The lowest BCUT2D eigenvalue weighted by Gasteiger charge is -2.27. The normalized spacial score (nSPS) is 15.8. The zero-order valence-corrected chi connectivity index (χ0v) is 21.5. The third kappa shape index (κ3) is 5.55. The van der Waals surface area contributed by atoms with Gasteiger partial charge in [0, 0.05) is 19.2 Å². The van der Waals surface area contributed by atoms with Crippen LogP contribution in [0.3, 0.4) is 0 Å². The first-order chi connectivity index (χ1) is 17.6. The number of amides is 3. The van der Waals surface area contributed by atoms with Crippen LogP contribution in [0.1, 0.15) is 24.5 Å². The second-order valence-electron chi connectivity index (χ2n) is 8.73.